The molecule has 0 saturated heterocycles. The van der Waals surface area contributed by atoms with Crippen LogP contribution in [0.1, 0.15) is 11.1 Å². The van der Waals surface area contributed by atoms with Gasteiger partial charge in [-0.1, -0.05) is 47.7 Å². The molecule has 0 fully saturated rings. The van der Waals surface area contributed by atoms with Crippen molar-refractivity contribution in [1.82, 2.24) is 10.3 Å². The Bertz CT molecular complexity index is 742. The van der Waals surface area contributed by atoms with Crippen LogP contribution >= 0.6 is 0 Å². The predicted octanol–water partition coefficient (Wildman–Crippen LogP) is 1.83. The van der Waals surface area contributed by atoms with Gasteiger partial charge >= 0.3 is 0 Å². The maximum atomic E-state index is 12.0. The SMILES string of the molecule is Cc1ccc(S(=O)(=O)NNCC#Cc2ccccc2)cc1. The third-order valence-electron chi connectivity index (χ3n) is 2.72. The van der Waals surface area contributed by atoms with Gasteiger partial charge in [-0.2, -0.15) is 0 Å². The van der Waals surface area contributed by atoms with Gasteiger partial charge in [0.1, 0.15) is 0 Å². The lowest BCUT2D eigenvalue weighted by atomic mass is 10.2. The summed E-state index contributed by atoms with van der Waals surface area (Å²) in [6, 6.07) is 16.1. The topological polar surface area (TPSA) is 58.2 Å². The first-order chi connectivity index (χ1) is 10.1. The van der Waals surface area contributed by atoms with Crippen LogP contribution in [0.2, 0.25) is 0 Å². The van der Waals surface area contributed by atoms with Crippen molar-refractivity contribution >= 4 is 10.0 Å². The molecule has 0 aromatic heterocycles. The Labute approximate surface area is 125 Å². The van der Waals surface area contributed by atoms with Gasteiger partial charge in [0.2, 0.25) is 0 Å². The van der Waals surface area contributed by atoms with Gasteiger partial charge in [-0.15, -0.1) is 4.83 Å². The molecule has 2 aromatic rings. The zero-order valence-electron chi connectivity index (χ0n) is 11.6. The molecule has 0 unspecified atom stereocenters. The maximum Gasteiger partial charge on any atom is 0.253 e. The van der Waals surface area contributed by atoms with Crippen molar-refractivity contribution in [3.8, 4) is 11.8 Å². The molecule has 0 atom stereocenters. The zero-order valence-corrected chi connectivity index (χ0v) is 12.4. The first-order valence-electron chi connectivity index (χ1n) is 6.43. The van der Waals surface area contributed by atoms with Crippen LogP contribution < -0.4 is 10.3 Å². The lowest BCUT2D eigenvalue weighted by molar-refractivity contribution is 0.566. The largest absolute Gasteiger partial charge is 0.253 e. The third kappa shape index (κ3) is 4.72. The molecule has 0 saturated carbocycles. The maximum absolute atomic E-state index is 12.0. The molecule has 0 aliphatic carbocycles. The molecule has 0 bridgehead atoms. The second-order valence-corrected chi connectivity index (χ2v) is 6.12. The third-order valence-corrected chi connectivity index (χ3v) is 4.03. The van der Waals surface area contributed by atoms with Crippen molar-refractivity contribution in [1.29, 1.82) is 0 Å². The summed E-state index contributed by atoms with van der Waals surface area (Å²) >= 11 is 0. The monoisotopic (exact) mass is 300 g/mol. The summed E-state index contributed by atoms with van der Waals surface area (Å²) < 4.78 is 23.9. The Morgan fingerprint density at radius 3 is 2.33 bits per heavy atom. The van der Waals surface area contributed by atoms with E-state index >= 15 is 0 Å². The van der Waals surface area contributed by atoms with Gasteiger partial charge in [-0.05, 0) is 31.2 Å². The summed E-state index contributed by atoms with van der Waals surface area (Å²) in [4.78, 5) is 2.52. The smallest absolute Gasteiger partial charge is 0.232 e. The summed E-state index contributed by atoms with van der Waals surface area (Å²) in [5, 5.41) is 0. The van der Waals surface area contributed by atoms with Gasteiger partial charge in [0.15, 0.2) is 0 Å². The highest BCUT2D eigenvalue weighted by Crippen LogP contribution is 2.08. The first kappa shape index (κ1) is 15.3. The number of benzene rings is 2. The average Bonchev–Trinajstić information content (AvgIpc) is 2.48. The van der Waals surface area contributed by atoms with Crippen molar-refractivity contribution < 1.29 is 8.42 Å². The fraction of sp³-hybridized carbons (Fsp3) is 0.125. The number of hydrogen-bond donors (Lipinski definition) is 2. The van der Waals surface area contributed by atoms with E-state index in [0.717, 1.165) is 11.1 Å². The molecule has 5 heteroatoms. The fourth-order valence-corrected chi connectivity index (χ4v) is 2.49. The van der Waals surface area contributed by atoms with Crippen molar-refractivity contribution in [3.05, 3.63) is 65.7 Å². The Morgan fingerprint density at radius 1 is 1.00 bits per heavy atom. The number of hydrazine groups is 1. The van der Waals surface area contributed by atoms with Gasteiger partial charge in [0.05, 0.1) is 11.4 Å². The van der Waals surface area contributed by atoms with Crippen molar-refractivity contribution in [2.45, 2.75) is 11.8 Å². The van der Waals surface area contributed by atoms with E-state index in [2.05, 4.69) is 22.1 Å². The highest BCUT2D eigenvalue weighted by atomic mass is 32.2. The van der Waals surface area contributed by atoms with E-state index < -0.39 is 10.0 Å². The standard InChI is InChI=1S/C16H16N2O2S/c1-14-9-11-16(12-10-14)21(19,20)18-17-13-5-8-15-6-3-2-4-7-15/h2-4,6-7,9-12,17-18H,13H2,1H3. The molecule has 0 aliphatic heterocycles. The Hall–Kier alpha value is -2.13. The summed E-state index contributed by atoms with van der Waals surface area (Å²) in [5.41, 5.74) is 4.50. The minimum Gasteiger partial charge on any atom is -0.232 e. The number of rotatable bonds is 4. The van der Waals surface area contributed by atoms with Crippen LogP contribution in [0.3, 0.4) is 0 Å². The molecule has 108 valence electrons. The molecule has 2 rings (SSSR count). The van der Waals surface area contributed by atoms with Crippen LogP contribution in [0.15, 0.2) is 59.5 Å². The fourth-order valence-electron chi connectivity index (χ4n) is 1.62. The second-order valence-electron chi connectivity index (χ2n) is 4.44. The van der Waals surface area contributed by atoms with E-state index in [1.807, 2.05) is 37.3 Å². The van der Waals surface area contributed by atoms with E-state index in [0.29, 0.717) is 0 Å². The highest BCUT2D eigenvalue weighted by molar-refractivity contribution is 7.89. The van der Waals surface area contributed by atoms with Crippen LogP contribution in [0.5, 0.6) is 0 Å². The van der Waals surface area contributed by atoms with Crippen LogP contribution in [-0.4, -0.2) is 15.0 Å². The van der Waals surface area contributed by atoms with E-state index in [9.17, 15) is 8.42 Å². The second kappa shape index (κ2) is 7.04. The Morgan fingerprint density at radius 2 is 1.67 bits per heavy atom. The molecule has 2 aromatic carbocycles. The minimum atomic E-state index is -3.55. The van der Waals surface area contributed by atoms with Crippen molar-refractivity contribution in [3.63, 3.8) is 0 Å². The highest BCUT2D eigenvalue weighted by Gasteiger charge is 2.11. The minimum absolute atomic E-state index is 0.219. The Balaban J connectivity index is 1.88. The molecule has 0 aliphatic rings. The van der Waals surface area contributed by atoms with Gasteiger partial charge < -0.3 is 0 Å². The molecule has 2 N–H and O–H groups in total. The van der Waals surface area contributed by atoms with Crippen LogP contribution in [0.4, 0.5) is 0 Å². The van der Waals surface area contributed by atoms with Crippen LogP contribution in [0, 0.1) is 18.8 Å². The number of sulfonamides is 1. The van der Waals surface area contributed by atoms with E-state index in [4.69, 9.17) is 0 Å². The lowest BCUT2D eigenvalue weighted by Crippen LogP contribution is -2.37. The summed E-state index contributed by atoms with van der Waals surface area (Å²) in [6.45, 7) is 2.13. The summed E-state index contributed by atoms with van der Waals surface area (Å²) in [7, 11) is -3.55. The van der Waals surface area contributed by atoms with Gasteiger partial charge in [-0.3, -0.25) is 0 Å². The molecule has 0 amide bonds. The predicted molar refractivity (Wildman–Crippen MR) is 82.8 cm³/mol. The van der Waals surface area contributed by atoms with Gasteiger partial charge in [0, 0.05) is 5.56 Å². The van der Waals surface area contributed by atoms with Crippen LogP contribution in [-0.2, 0) is 10.0 Å². The molecular weight excluding hydrogens is 284 g/mol. The lowest BCUT2D eigenvalue weighted by Gasteiger charge is -2.06. The van der Waals surface area contributed by atoms with E-state index in [1.165, 1.54) is 0 Å². The number of nitrogens with one attached hydrogen (secondary N) is 2. The van der Waals surface area contributed by atoms with Crippen molar-refractivity contribution in [2.24, 2.45) is 0 Å². The average molecular weight is 300 g/mol. The number of aryl methyl sites for hydroxylation is 1. The molecule has 0 spiro atoms. The molecule has 0 heterocycles. The molecule has 21 heavy (non-hydrogen) atoms. The molecule has 4 nitrogen and oxygen atoms in total. The van der Waals surface area contributed by atoms with Crippen molar-refractivity contribution in [2.75, 3.05) is 6.54 Å². The summed E-state index contributed by atoms with van der Waals surface area (Å²) in [6.07, 6.45) is 0. The van der Waals surface area contributed by atoms with E-state index in [1.54, 1.807) is 24.3 Å². The zero-order chi connectivity index (χ0) is 15.1. The first-order valence-corrected chi connectivity index (χ1v) is 7.91. The van der Waals surface area contributed by atoms with Gasteiger partial charge in [0.25, 0.3) is 10.0 Å². The normalized spacial score (nSPS) is 10.7. The van der Waals surface area contributed by atoms with Crippen LogP contribution in [0.25, 0.3) is 0 Å². The molecular formula is C16H16N2O2S. The quantitative estimate of drug-likeness (QED) is 0.514. The van der Waals surface area contributed by atoms with Gasteiger partial charge in [-0.25, -0.2) is 13.8 Å². The number of hydrogen-bond acceptors (Lipinski definition) is 3. The Kier molecular flexibility index (Phi) is 5.12. The van der Waals surface area contributed by atoms with E-state index in [-0.39, 0.29) is 11.4 Å². The molecule has 0 radical (unpaired) electrons. The summed E-state index contributed by atoms with van der Waals surface area (Å²) in [5.74, 6) is 5.78.